The molecule has 10 heteroatoms. The van der Waals surface area contributed by atoms with Crippen LogP contribution in [0.4, 0.5) is 11.4 Å². The molecule has 0 fully saturated rings. The van der Waals surface area contributed by atoms with Crippen LogP contribution in [0.15, 0.2) is 94.4 Å². The highest BCUT2D eigenvalue weighted by Crippen LogP contribution is 2.53. The van der Waals surface area contributed by atoms with Crippen LogP contribution in [-0.2, 0) is 9.59 Å². The molecule has 0 aliphatic heterocycles. The zero-order valence-corrected chi connectivity index (χ0v) is 31.4. The van der Waals surface area contributed by atoms with Gasteiger partial charge in [0.2, 0.25) is 11.6 Å². The maximum absolute atomic E-state index is 13.9. The predicted molar refractivity (Wildman–Crippen MR) is 214 cm³/mol. The average molecular weight is 733 g/mol. The normalized spacial score (nSPS) is 16.0. The Morgan fingerprint density at radius 3 is 1.25 bits per heavy atom. The van der Waals surface area contributed by atoms with Gasteiger partial charge in [-0.2, -0.15) is 0 Å². The number of para-hydroxylation sites is 2. The number of phenols is 2. The topological polar surface area (TPSA) is 139 Å². The summed E-state index contributed by atoms with van der Waals surface area (Å²) in [4.78, 5) is 29.0. The SMILES string of the molecule is Cc1cc2c(c(O)c1-c1c(C)cc3c(c1O)/C(=C/Nc1ccccc1S)C(=O)C(O)=C3C(C)C)/C(=C/Nc1ccccc1S)C(=O)C(O)=C2C(C)C. The number of phenolic OH excluding ortho intramolecular Hbond substituents is 2. The van der Waals surface area contributed by atoms with E-state index in [2.05, 4.69) is 35.9 Å². The summed E-state index contributed by atoms with van der Waals surface area (Å²) in [6, 6.07) is 18.0. The van der Waals surface area contributed by atoms with Crippen LogP contribution < -0.4 is 10.6 Å². The smallest absolute Gasteiger partial charge is 0.229 e. The molecule has 0 atom stereocenters. The number of aliphatic hydroxyl groups is 2. The van der Waals surface area contributed by atoms with Gasteiger partial charge in [0.25, 0.3) is 0 Å². The number of rotatable bonds is 7. The van der Waals surface area contributed by atoms with Crippen molar-refractivity contribution in [1.82, 2.24) is 0 Å². The maximum Gasteiger partial charge on any atom is 0.229 e. The van der Waals surface area contributed by atoms with Crippen molar-refractivity contribution < 1.29 is 30.0 Å². The Morgan fingerprint density at radius 2 is 0.923 bits per heavy atom. The zero-order valence-electron chi connectivity index (χ0n) is 29.6. The number of benzene rings is 4. The lowest BCUT2D eigenvalue weighted by Crippen LogP contribution is -2.20. The number of aliphatic hydroxyl groups excluding tert-OH is 2. The third kappa shape index (κ3) is 6.05. The minimum absolute atomic E-state index is 0.0164. The molecule has 0 saturated carbocycles. The number of carbonyl (C=O) groups excluding carboxylic acids is 2. The summed E-state index contributed by atoms with van der Waals surface area (Å²) in [5.74, 6) is -3.29. The number of ketones is 2. The lowest BCUT2D eigenvalue weighted by atomic mass is 9.75. The van der Waals surface area contributed by atoms with E-state index >= 15 is 0 Å². The zero-order chi connectivity index (χ0) is 37.8. The van der Waals surface area contributed by atoms with Gasteiger partial charge in [0, 0.05) is 55.6 Å². The molecule has 2 aliphatic carbocycles. The fraction of sp³-hybridized carbons (Fsp3) is 0.190. The van der Waals surface area contributed by atoms with Crippen LogP contribution in [0.3, 0.4) is 0 Å². The number of anilines is 2. The molecule has 0 heterocycles. The fourth-order valence-corrected chi connectivity index (χ4v) is 7.57. The molecule has 0 amide bonds. The van der Waals surface area contributed by atoms with Crippen molar-refractivity contribution in [3.8, 4) is 22.6 Å². The minimum atomic E-state index is -0.676. The third-order valence-corrected chi connectivity index (χ3v) is 10.3. The number of aromatic hydroxyl groups is 2. The molecule has 6 rings (SSSR count). The molecular weight excluding hydrogens is 693 g/mol. The summed E-state index contributed by atoms with van der Waals surface area (Å²) in [6.07, 6.45) is 2.88. The average Bonchev–Trinajstić information content (AvgIpc) is 3.08. The van der Waals surface area contributed by atoms with E-state index in [1.54, 1.807) is 50.2 Å². The second kappa shape index (κ2) is 14.0. The number of aryl methyl sites for hydroxylation is 2. The van der Waals surface area contributed by atoms with E-state index in [-0.39, 0.29) is 56.7 Å². The lowest BCUT2D eigenvalue weighted by molar-refractivity contribution is -0.113. The van der Waals surface area contributed by atoms with Crippen molar-refractivity contribution in [1.29, 1.82) is 0 Å². The van der Waals surface area contributed by atoms with E-state index in [0.29, 0.717) is 54.6 Å². The highest BCUT2D eigenvalue weighted by molar-refractivity contribution is 7.80. The summed E-state index contributed by atoms with van der Waals surface area (Å²) < 4.78 is 0. The Balaban J connectivity index is 1.64. The molecule has 4 aromatic carbocycles. The first kappa shape index (κ1) is 36.5. The van der Waals surface area contributed by atoms with Crippen LogP contribution in [0.5, 0.6) is 11.5 Å². The molecule has 52 heavy (non-hydrogen) atoms. The molecule has 0 spiro atoms. The highest BCUT2D eigenvalue weighted by atomic mass is 32.1. The highest BCUT2D eigenvalue weighted by Gasteiger charge is 2.38. The first-order chi connectivity index (χ1) is 24.6. The molecule has 4 aromatic rings. The molecule has 0 bridgehead atoms. The van der Waals surface area contributed by atoms with Crippen molar-refractivity contribution in [2.24, 2.45) is 11.8 Å². The number of nitrogens with one attached hydrogen (secondary N) is 2. The van der Waals surface area contributed by atoms with Crippen molar-refractivity contribution >= 4 is 70.5 Å². The Hall–Kier alpha value is -5.32. The van der Waals surface area contributed by atoms with Crippen molar-refractivity contribution in [3.05, 3.63) is 118 Å². The molecule has 2 aliphatic rings. The molecule has 6 N–H and O–H groups in total. The summed E-state index contributed by atoms with van der Waals surface area (Å²) in [5, 5.41) is 53.3. The molecule has 266 valence electrons. The van der Waals surface area contributed by atoms with E-state index in [1.165, 1.54) is 12.4 Å². The fourth-order valence-electron chi connectivity index (χ4n) is 7.12. The van der Waals surface area contributed by atoms with Crippen LogP contribution in [0.1, 0.15) is 61.1 Å². The van der Waals surface area contributed by atoms with Crippen molar-refractivity contribution in [3.63, 3.8) is 0 Å². The van der Waals surface area contributed by atoms with Gasteiger partial charge in [-0.15, -0.1) is 25.3 Å². The van der Waals surface area contributed by atoms with E-state index in [1.807, 2.05) is 52.0 Å². The second-order valence-corrected chi connectivity index (χ2v) is 14.6. The summed E-state index contributed by atoms with van der Waals surface area (Å²) in [5.41, 5.74) is 4.96. The number of hydrogen-bond donors (Lipinski definition) is 8. The van der Waals surface area contributed by atoms with Gasteiger partial charge in [-0.3, -0.25) is 9.59 Å². The number of hydrogen-bond acceptors (Lipinski definition) is 10. The monoisotopic (exact) mass is 732 g/mol. The molecule has 0 aromatic heterocycles. The van der Waals surface area contributed by atoms with Crippen molar-refractivity contribution in [2.45, 2.75) is 51.3 Å². The first-order valence-corrected chi connectivity index (χ1v) is 17.7. The molecule has 0 saturated heterocycles. The minimum Gasteiger partial charge on any atom is -0.507 e. The van der Waals surface area contributed by atoms with Gasteiger partial charge in [0.05, 0.1) is 22.5 Å². The first-order valence-electron chi connectivity index (χ1n) is 16.9. The molecule has 0 unspecified atom stereocenters. The van der Waals surface area contributed by atoms with Crippen molar-refractivity contribution in [2.75, 3.05) is 10.6 Å². The molecular formula is C42H40N2O6S2. The Labute approximate surface area is 313 Å². The molecule has 0 radical (unpaired) electrons. The van der Waals surface area contributed by atoms with Gasteiger partial charge in [-0.1, -0.05) is 64.1 Å². The van der Waals surface area contributed by atoms with E-state index < -0.39 is 23.1 Å². The Morgan fingerprint density at radius 1 is 0.577 bits per heavy atom. The third-order valence-electron chi connectivity index (χ3n) is 9.50. The molecule has 8 nitrogen and oxygen atoms in total. The Kier molecular flexibility index (Phi) is 9.83. The summed E-state index contributed by atoms with van der Waals surface area (Å²) in [7, 11) is 0. The number of Topliss-reactive ketones (excluding diaryl/α,β-unsaturated/α-hetero) is 2. The van der Waals surface area contributed by atoms with Crippen LogP contribution in [0.2, 0.25) is 0 Å². The van der Waals surface area contributed by atoms with Gasteiger partial charge in [0.15, 0.2) is 11.5 Å². The quantitative estimate of drug-likeness (QED) is 0.0694. The van der Waals surface area contributed by atoms with Crippen LogP contribution in [0, 0.1) is 25.7 Å². The second-order valence-electron chi connectivity index (χ2n) is 13.6. The summed E-state index contributed by atoms with van der Waals surface area (Å²) >= 11 is 9.01. The van der Waals surface area contributed by atoms with Gasteiger partial charge in [-0.05, 0) is 72.2 Å². The van der Waals surface area contributed by atoms with E-state index in [9.17, 15) is 30.0 Å². The van der Waals surface area contributed by atoms with Gasteiger partial charge in [-0.25, -0.2) is 0 Å². The Bertz CT molecular complexity index is 2170. The summed E-state index contributed by atoms with van der Waals surface area (Å²) in [6.45, 7) is 11.0. The number of fused-ring (bicyclic) bond motifs is 2. The van der Waals surface area contributed by atoms with Gasteiger partial charge >= 0.3 is 0 Å². The number of carbonyl (C=O) groups is 2. The van der Waals surface area contributed by atoms with E-state index in [0.717, 1.165) is 0 Å². The largest absolute Gasteiger partial charge is 0.507 e. The predicted octanol–water partition coefficient (Wildman–Crippen LogP) is 9.88. The van der Waals surface area contributed by atoms with Crippen LogP contribution in [-0.4, -0.2) is 32.0 Å². The van der Waals surface area contributed by atoms with Gasteiger partial charge < -0.3 is 31.1 Å². The van der Waals surface area contributed by atoms with Crippen LogP contribution >= 0.6 is 25.3 Å². The lowest BCUT2D eigenvalue weighted by Gasteiger charge is -2.29. The van der Waals surface area contributed by atoms with Gasteiger partial charge in [0.1, 0.15) is 11.5 Å². The van der Waals surface area contributed by atoms with Crippen LogP contribution in [0.25, 0.3) is 33.4 Å². The van der Waals surface area contributed by atoms with E-state index in [4.69, 9.17) is 0 Å². The maximum atomic E-state index is 13.9. The standard InChI is InChI=1S/C42H40N2O6S2/c1-19(2)31-23-15-21(5)33(39(47)35(23)25(37(45)41(31)49)17-43-27-11-7-9-13-29(27)51)34-22(6)16-24-32(20(3)4)42(50)38(46)26(36(24)40(34)48)18-44-28-12-8-10-14-30(28)52/h7-20,43-44,47-52H,1-6H3/b25-17-,26-18-. The number of allylic oxidation sites excluding steroid dienone is 4. The number of thiol groups is 2.